The lowest BCUT2D eigenvalue weighted by Gasteiger charge is -2.20. The number of carbonyl (C=O) groups excluding carboxylic acids is 1. The first-order valence-electron chi connectivity index (χ1n) is 7.98. The van der Waals surface area contributed by atoms with Gasteiger partial charge in [0.2, 0.25) is 0 Å². The van der Waals surface area contributed by atoms with Gasteiger partial charge in [0, 0.05) is 23.0 Å². The minimum absolute atomic E-state index is 0.0300. The molecule has 0 aliphatic carbocycles. The van der Waals surface area contributed by atoms with E-state index in [0.29, 0.717) is 25.6 Å². The Kier molecular flexibility index (Phi) is 4.83. The van der Waals surface area contributed by atoms with Crippen molar-refractivity contribution < 1.29 is 14.6 Å². The van der Waals surface area contributed by atoms with E-state index in [4.69, 9.17) is 4.74 Å². The summed E-state index contributed by atoms with van der Waals surface area (Å²) >= 11 is 0. The van der Waals surface area contributed by atoms with Gasteiger partial charge in [0.1, 0.15) is 0 Å². The molecule has 6 heteroatoms. The Labute approximate surface area is 135 Å². The highest BCUT2D eigenvalue weighted by molar-refractivity contribution is 5.83. The van der Waals surface area contributed by atoms with Crippen LogP contribution in [0.2, 0.25) is 0 Å². The molecule has 1 aromatic heterocycles. The second-order valence-electron chi connectivity index (χ2n) is 6.18. The molecule has 0 radical (unpaired) electrons. The second kappa shape index (κ2) is 7.02. The number of ether oxygens (including phenoxy) is 1. The number of urea groups is 1. The Balaban J connectivity index is 1.60. The second-order valence-corrected chi connectivity index (χ2v) is 6.18. The van der Waals surface area contributed by atoms with Crippen LogP contribution in [-0.4, -0.2) is 48.0 Å². The van der Waals surface area contributed by atoms with Crippen molar-refractivity contribution in [3.8, 4) is 0 Å². The molecular weight excluding hydrogens is 294 g/mol. The molecule has 1 aliphatic heterocycles. The highest BCUT2D eigenvalue weighted by atomic mass is 16.5. The number of hydrogen-bond acceptors (Lipinski definition) is 3. The van der Waals surface area contributed by atoms with Crippen LogP contribution in [0.3, 0.4) is 0 Å². The molecular formula is C17H23N3O3. The van der Waals surface area contributed by atoms with Crippen molar-refractivity contribution in [2.75, 3.05) is 19.8 Å². The van der Waals surface area contributed by atoms with Crippen molar-refractivity contribution in [3.63, 3.8) is 0 Å². The number of para-hydroxylation sites is 1. The van der Waals surface area contributed by atoms with Gasteiger partial charge in [-0.1, -0.05) is 25.1 Å². The SMILES string of the molecule is CC1COCC1NC(=O)NC(CO)Cc1c[nH]c2ccccc12. The number of fused-ring (bicyclic) bond motifs is 1. The summed E-state index contributed by atoms with van der Waals surface area (Å²) in [4.78, 5) is 15.3. The maximum absolute atomic E-state index is 12.1. The van der Waals surface area contributed by atoms with Crippen molar-refractivity contribution in [2.24, 2.45) is 5.92 Å². The van der Waals surface area contributed by atoms with Crippen molar-refractivity contribution in [3.05, 3.63) is 36.0 Å². The lowest BCUT2D eigenvalue weighted by molar-refractivity contribution is 0.182. The molecule has 2 heterocycles. The average Bonchev–Trinajstić information content (AvgIpc) is 3.14. The molecule has 0 bridgehead atoms. The number of aromatic nitrogens is 1. The van der Waals surface area contributed by atoms with Gasteiger partial charge in [-0.3, -0.25) is 0 Å². The molecule has 4 N–H and O–H groups in total. The fourth-order valence-corrected chi connectivity index (χ4v) is 2.97. The normalized spacial score (nSPS) is 22.2. The summed E-state index contributed by atoms with van der Waals surface area (Å²) in [6, 6.07) is 7.44. The van der Waals surface area contributed by atoms with Crippen molar-refractivity contribution >= 4 is 16.9 Å². The third-order valence-corrected chi connectivity index (χ3v) is 4.38. The predicted molar refractivity (Wildman–Crippen MR) is 88.3 cm³/mol. The third kappa shape index (κ3) is 3.65. The van der Waals surface area contributed by atoms with Gasteiger partial charge in [0.05, 0.1) is 31.9 Å². The zero-order chi connectivity index (χ0) is 16.2. The van der Waals surface area contributed by atoms with E-state index in [9.17, 15) is 9.90 Å². The number of amides is 2. The van der Waals surface area contributed by atoms with E-state index in [2.05, 4.69) is 15.6 Å². The van der Waals surface area contributed by atoms with Gasteiger partial charge < -0.3 is 25.5 Å². The predicted octanol–water partition coefficient (Wildman–Crippen LogP) is 1.41. The summed E-state index contributed by atoms with van der Waals surface area (Å²) < 4.78 is 5.34. The van der Waals surface area contributed by atoms with Crippen LogP contribution in [0.4, 0.5) is 4.79 Å². The monoisotopic (exact) mass is 317 g/mol. The Morgan fingerprint density at radius 3 is 3.00 bits per heavy atom. The Morgan fingerprint density at radius 2 is 2.26 bits per heavy atom. The number of H-pyrrole nitrogens is 1. The van der Waals surface area contributed by atoms with Gasteiger partial charge in [-0.25, -0.2) is 4.79 Å². The molecule has 3 atom stereocenters. The van der Waals surface area contributed by atoms with E-state index in [0.717, 1.165) is 16.5 Å². The van der Waals surface area contributed by atoms with Gasteiger partial charge in [-0.05, 0) is 18.1 Å². The molecule has 1 aliphatic rings. The highest BCUT2D eigenvalue weighted by Crippen LogP contribution is 2.19. The topological polar surface area (TPSA) is 86.4 Å². The maximum Gasteiger partial charge on any atom is 0.315 e. The van der Waals surface area contributed by atoms with Gasteiger partial charge in [0.15, 0.2) is 0 Å². The minimum Gasteiger partial charge on any atom is -0.394 e. The molecule has 2 aromatic rings. The third-order valence-electron chi connectivity index (χ3n) is 4.38. The first-order valence-corrected chi connectivity index (χ1v) is 7.98. The highest BCUT2D eigenvalue weighted by Gasteiger charge is 2.26. The van der Waals surface area contributed by atoms with Crippen LogP contribution in [0.1, 0.15) is 12.5 Å². The first kappa shape index (κ1) is 15.8. The number of nitrogens with one attached hydrogen (secondary N) is 3. The Morgan fingerprint density at radius 1 is 1.43 bits per heavy atom. The number of aliphatic hydroxyl groups excluding tert-OH is 1. The van der Waals surface area contributed by atoms with Crippen LogP contribution in [-0.2, 0) is 11.2 Å². The number of rotatable bonds is 5. The van der Waals surface area contributed by atoms with Gasteiger partial charge in [-0.15, -0.1) is 0 Å². The summed E-state index contributed by atoms with van der Waals surface area (Å²) in [7, 11) is 0. The summed E-state index contributed by atoms with van der Waals surface area (Å²) in [5.74, 6) is 0.307. The number of benzene rings is 1. The first-order chi connectivity index (χ1) is 11.2. The fraction of sp³-hybridized carbons (Fsp3) is 0.471. The maximum atomic E-state index is 12.1. The van der Waals surface area contributed by atoms with E-state index in [-0.39, 0.29) is 24.7 Å². The van der Waals surface area contributed by atoms with Gasteiger partial charge >= 0.3 is 6.03 Å². The fourth-order valence-electron chi connectivity index (χ4n) is 2.97. The average molecular weight is 317 g/mol. The van der Waals surface area contributed by atoms with Crippen molar-refractivity contribution in [2.45, 2.75) is 25.4 Å². The molecule has 3 unspecified atom stereocenters. The molecule has 6 nitrogen and oxygen atoms in total. The zero-order valence-electron chi connectivity index (χ0n) is 13.2. The van der Waals surface area contributed by atoms with Crippen LogP contribution in [0.25, 0.3) is 10.9 Å². The molecule has 1 saturated heterocycles. The van der Waals surface area contributed by atoms with E-state index >= 15 is 0 Å². The van der Waals surface area contributed by atoms with Crippen molar-refractivity contribution in [1.29, 1.82) is 0 Å². The quantitative estimate of drug-likeness (QED) is 0.672. The standard InChI is InChI=1S/C17H23N3O3/c1-11-9-23-10-16(11)20-17(22)19-13(8-21)6-12-7-18-15-5-3-2-4-14(12)15/h2-5,7,11,13,16,18,21H,6,8-10H2,1H3,(H2,19,20,22). The van der Waals surface area contributed by atoms with Gasteiger partial charge in [-0.2, -0.15) is 0 Å². The van der Waals surface area contributed by atoms with Crippen LogP contribution in [0.5, 0.6) is 0 Å². The Bertz CT molecular complexity index is 670. The Hall–Kier alpha value is -2.05. The van der Waals surface area contributed by atoms with Crippen LogP contribution in [0.15, 0.2) is 30.5 Å². The van der Waals surface area contributed by atoms with Crippen LogP contribution >= 0.6 is 0 Å². The summed E-state index contributed by atoms with van der Waals surface area (Å²) in [6.07, 6.45) is 2.50. The summed E-state index contributed by atoms with van der Waals surface area (Å²) in [6.45, 7) is 3.15. The molecule has 0 saturated carbocycles. The van der Waals surface area contributed by atoms with E-state index in [1.54, 1.807) is 0 Å². The smallest absolute Gasteiger partial charge is 0.315 e. The minimum atomic E-state index is -0.327. The van der Waals surface area contributed by atoms with Crippen LogP contribution < -0.4 is 10.6 Å². The largest absolute Gasteiger partial charge is 0.394 e. The molecule has 23 heavy (non-hydrogen) atoms. The number of hydrogen-bond donors (Lipinski definition) is 4. The van der Waals surface area contributed by atoms with E-state index < -0.39 is 0 Å². The molecule has 1 fully saturated rings. The van der Waals surface area contributed by atoms with E-state index in [1.165, 1.54) is 0 Å². The van der Waals surface area contributed by atoms with Crippen molar-refractivity contribution in [1.82, 2.24) is 15.6 Å². The molecule has 124 valence electrons. The number of carbonyl (C=O) groups is 1. The lowest BCUT2D eigenvalue weighted by Crippen LogP contribution is -2.49. The molecule has 1 aromatic carbocycles. The van der Waals surface area contributed by atoms with Crippen LogP contribution in [0, 0.1) is 5.92 Å². The molecule has 3 rings (SSSR count). The molecule has 2 amide bonds. The zero-order valence-corrected chi connectivity index (χ0v) is 13.2. The summed E-state index contributed by atoms with van der Waals surface area (Å²) in [5, 5.41) is 16.5. The molecule has 0 spiro atoms. The van der Waals surface area contributed by atoms with Gasteiger partial charge in [0.25, 0.3) is 0 Å². The lowest BCUT2D eigenvalue weighted by atomic mass is 10.1. The number of aliphatic hydroxyl groups is 1. The number of aromatic amines is 1. The van der Waals surface area contributed by atoms with E-state index in [1.807, 2.05) is 37.4 Å². The summed E-state index contributed by atoms with van der Waals surface area (Å²) in [5.41, 5.74) is 2.14.